The van der Waals surface area contributed by atoms with E-state index in [1.807, 2.05) is 30.3 Å². The molecule has 0 amide bonds. The van der Waals surface area contributed by atoms with Gasteiger partial charge in [0.05, 0.1) is 14.2 Å². The van der Waals surface area contributed by atoms with E-state index >= 15 is 0 Å². The molecule has 0 aromatic heterocycles. The highest BCUT2D eigenvalue weighted by molar-refractivity contribution is 5.89. The van der Waals surface area contributed by atoms with Gasteiger partial charge in [-0.15, -0.1) is 0 Å². The van der Waals surface area contributed by atoms with Crippen LogP contribution in [0.2, 0.25) is 0 Å². The molecule has 0 atom stereocenters. The Morgan fingerprint density at radius 3 is 2.56 bits per heavy atom. The number of methoxy groups -OCH3 is 2. The predicted octanol–water partition coefficient (Wildman–Crippen LogP) is 2.99. The number of carbonyl (C=O) groups is 1. The zero-order chi connectivity index (χ0) is 13.0. The van der Waals surface area contributed by atoms with Crippen molar-refractivity contribution in [2.45, 2.75) is 12.8 Å². The van der Waals surface area contributed by atoms with E-state index in [0.29, 0.717) is 12.8 Å². The van der Waals surface area contributed by atoms with Crippen LogP contribution in [0.4, 0.5) is 0 Å². The third-order valence-corrected chi connectivity index (χ3v) is 3.03. The summed E-state index contributed by atoms with van der Waals surface area (Å²) in [5, 5.41) is 2.20. The van der Waals surface area contributed by atoms with Crippen LogP contribution >= 0.6 is 0 Å². The Labute approximate surface area is 106 Å². The van der Waals surface area contributed by atoms with Gasteiger partial charge in [-0.25, -0.2) is 0 Å². The first-order chi connectivity index (χ1) is 8.80. The van der Waals surface area contributed by atoms with Crippen molar-refractivity contribution in [3.8, 4) is 11.5 Å². The maximum absolute atomic E-state index is 10.6. The minimum absolute atomic E-state index is 0.493. The van der Waals surface area contributed by atoms with Gasteiger partial charge in [0.25, 0.3) is 0 Å². The van der Waals surface area contributed by atoms with Gasteiger partial charge >= 0.3 is 0 Å². The van der Waals surface area contributed by atoms with Crippen LogP contribution in [0.3, 0.4) is 0 Å². The average Bonchev–Trinajstić information content (AvgIpc) is 2.43. The van der Waals surface area contributed by atoms with Gasteiger partial charge in [0.2, 0.25) is 0 Å². The summed E-state index contributed by atoms with van der Waals surface area (Å²) in [5.74, 6) is 1.63. The highest BCUT2D eigenvalue weighted by Crippen LogP contribution is 2.31. The molecule has 0 spiro atoms. The maximum Gasteiger partial charge on any atom is 0.122 e. The van der Waals surface area contributed by atoms with E-state index in [2.05, 4.69) is 0 Å². The molecule has 2 aromatic carbocycles. The molecule has 0 unspecified atom stereocenters. The van der Waals surface area contributed by atoms with Crippen LogP contribution in [0.15, 0.2) is 30.3 Å². The zero-order valence-corrected chi connectivity index (χ0v) is 10.6. The Hall–Kier alpha value is -2.03. The summed E-state index contributed by atoms with van der Waals surface area (Å²) in [4.78, 5) is 10.6. The van der Waals surface area contributed by atoms with Crippen LogP contribution in [0.5, 0.6) is 11.5 Å². The molecular formula is C15H16O3. The Morgan fingerprint density at radius 2 is 1.89 bits per heavy atom. The van der Waals surface area contributed by atoms with Crippen LogP contribution in [-0.2, 0) is 11.2 Å². The lowest BCUT2D eigenvalue weighted by Gasteiger charge is -2.12. The number of aldehydes is 1. The van der Waals surface area contributed by atoms with Crippen LogP contribution < -0.4 is 9.47 Å². The summed E-state index contributed by atoms with van der Waals surface area (Å²) in [5.41, 5.74) is 1.06. The zero-order valence-electron chi connectivity index (χ0n) is 10.6. The molecule has 3 heteroatoms. The average molecular weight is 244 g/mol. The topological polar surface area (TPSA) is 35.5 Å². The molecule has 0 saturated heterocycles. The van der Waals surface area contributed by atoms with Gasteiger partial charge in [-0.2, -0.15) is 0 Å². The summed E-state index contributed by atoms with van der Waals surface area (Å²) in [6.07, 6.45) is 2.10. The maximum atomic E-state index is 10.6. The van der Waals surface area contributed by atoms with E-state index in [-0.39, 0.29) is 0 Å². The van der Waals surface area contributed by atoms with Crippen LogP contribution in [0.1, 0.15) is 12.0 Å². The van der Waals surface area contributed by atoms with Gasteiger partial charge in [-0.05, 0) is 35.4 Å². The first-order valence-electron chi connectivity index (χ1n) is 5.87. The molecule has 0 heterocycles. The smallest absolute Gasteiger partial charge is 0.122 e. The van der Waals surface area contributed by atoms with E-state index in [0.717, 1.165) is 34.1 Å². The lowest BCUT2D eigenvalue weighted by atomic mass is 9.99. The van der Waals surface area contributed by atoms with Gasteiger partial charge in [0.15, 0.2) is 0 Å². The second-order valence-electron chi connectivity index (χ2n) is 4.04. The fourth-order valence-corrected chi connectivity index (χ4v) is 2.12. The summed E-state index contributed by atoms with van der Waals surface area (Å²) in [6.45, 7) is 0. The van der Waals surface area contributed by atoms with Gasteiger partial charge in [-0.1, -0.05) is 12.1 Å². The summed E-state index contributed by atoms with van der Waals surface area (Å²) in [7, 11) is 3.29. The third kappa shape index (κ3) is 2.30. The second kappa shape index (κ2) is 5.54. The van der Waals surface area contributed by atoms with Crippen molar-refractivity contribution in [1.29, 1.82) is 0 Å². The SMILES string of the molecule is COc1ccc2ccc(OC)c(CCC=O)c2c1. The highest BCUT2D eigenvalue weighted by atomic mass is 16.5. The van der Waals surface area contributed by atoms with E-state index in [1.54, 1.807) is 14.2 Å². The first-order valence-corrected chi connectivity index (χ1v) is 5.87. The molecule has 0 aliphatic heterocycles. The minimum atomic E-state index is 0.493. The quantitative estimate of drug-likeness (QED) is 0.758. The van der Waals surface area contributed by atoms with Crippen molar-refractivity contribution >= 4 is 17.1 Å². The van der Waals surface area contributed by atoms with Crippen molar-refractivity contribution in [2.75, 3.05) is 14.2 Å². The van der Waals surface area contributed by atoms with Gasteiger partial charge in [-0.3, -0.25) is 0 Å². The van der Waals surface area contributed by atoms with Crippen molar-refractivity contribution in [3.05, 3.63) is 35.9 Å². The van der Waals surface area contributed by atoms with E-state index < -0.39 is 0 Å². The fraction of sp³-hybridized carbons (Fsp3) is 0.267. The Morgan fingerprint density at radius 1 is 1.11 bits per heavy atom. The lowest BCUT2D eigenvalue weighted by molar-refractivity contribution is -0.107. The molecule has 0 saturated carbocycles. The van der Waals surface area contributed by atoms with Gasteiger partial charge < -0.3 is 14.3 Å². The van der Waals surface area contributed by atoms with Crippen LogP contribution in [0.25, 0.3) is 10.8 Å². The molecule has 2 aromatic rings. The van der Waals surface area contributed by atoms with E-state index in [9.17, 15) is 4.79 Å². The van der Waals surface area contributed by atoms with E-state index in [1.165, 1.54) is 0 Å². The number of hydrogen-bond acceptors (Lipinski definition) is 3. The number of rotatable bonds is 5. The third-order valence-electron chi connectivity index (χ3n) is 3.03. The second-order valence-corrected chi connectivity index (χ2v) is 4.04. The molecule has 94 valence electrons. The molecule has 0 N–H and O–H groups in total. The Balaban J connectivity index is 2.61. The monoisotopic (exact) mass is 244 g/mol. The molecule has 3 nitrogen and oxygen atoms in total. The number of carbonyl (C=O) groups excluding carboxylic acids is 1. The lowest BCUT2D eigenvalue weighted by Crippen LogP contribution is -1.95. The molecule has 0 bridgehead atoms. The molecule has 0 aliphatic carbocycles. The normalized spacial score (nSPS) is 10.3. The standard InChI is InChI=1S/C15H16O3/c1-17-12-7-5-11-6-8-15(18-2)13(4-3-9-16)14(11)10-12/h5-10H,3-4H2,1-2H3. The van der Waals surface area contributed by atoms with Gasteiger partial charge in [0, 0.05) is 12.0 Å². The molecule has 0 fully saturated rings. The number of ether oxygens (including phenoxy) is 2. The molecular weight excluding hydrogens is 228 g/mol. The molecule has 2 rings (SSSR count). The van der Waals surface area contributed by atoms with Crippen molar-refractivity contribution in [2.24, 2.45) is 0 Å². The van der Waals surface area contributed by atoms with Gasteiger partial charge in [0.1, 0.15) is 17.8 Å². The predicted molar refractivity (Wildman–Crippen MR) is 71.4 cm³/mol. The van der Waals surface area contributed by atoms with Crippen molar-refractivity contribution < 1.29 is 14.3 Å². The summed E-state index contributed by atoms with van der Waals surface area (Å²) in [6, 6.07) is 9.88. The number of hydrogen-bond donors (Lipinski definition) is 0. The van der Waals surface area contributed by atoms with Crippen LogP contribution in [0, 0.1) is 0 Å². The molecule has 18 heavy (non-hydrogen) atoms. The molecule has 0 aliphatic rings. The van der Waals surface area contributed by atoms with Crippen molar-refractivity contribution in [1.82, 2.24) is 0 Å². The van der Waals surface area contributed by atoms with Crippen molar-refractivity contribution in [3.63, 3.8) is 0 Å². The Bertz CT molecular complexity index is 556. The highest BCUT2D eigenvalue weighted by Gasteiger charge is 2.09. The van der Waals surface area contributed by atoms with E-state index in [4.69, 9.17) is 9.47 Å². The number of benzene rings is 2. The van der Waals surface area contributed by atoms with Crippen LogP contribution in [-0.4, -0.2) is 20.5 Å². The molecule has 0 radical (unpaired) electrons. The fourth-order valence-electron chi connectivity index (χ4n) is 2.12. The number of aryl methyl sites for hydroxylation is 1. The Kier molecular flexibility index (Phi) is 3.82. The minimum Gasteiger partial charge on any atom is -0.497 e. The first kappa shape index (κ1) is 12.4. The summed E-state index contributed by atoms with van der Waals surface area (Å²) >= 11 is 0. The summed E-state index contributed by atoms with van der Waals surface area (Å²) < 4.78 is 10.6. The number of fused-ring (bicyclic) bond motifs is 1. The largest absolute Gasteiger partial charge is 0.497 e.